The Hall–Kier alpha value is -3.06. The average molecular weight is 333 g/mol. The van der Waals surface area contributed by atoms with Crippen LogP contribution in [0.2, 0.25) is 0 Å². The molecule has 1 aliphatic heterocycles. The molecule has 1 fully saturated rings. The van der Waals surface area contributed by atoms with Gasteiger partial charge in [0.05, 0.1) is 10.4 Å². The molecule has 7 heteroatoms. The smallest absolute Gasteiger partial charge is 0.264 e. The molecule has 0 aliphatic carbocycles. The van der Waals surface area contributed by atoms with E-state index in [1.807, 2.05) is 36.4 Å². The number of fused-ring (bicyclic) bond motifs is 1. The van der Waals surface area contributed by atoms with Gasteiger partial charge in [0.25, 0.3) is 5.91 Å². The van der Waals surface area contributed by atoms with Gasteiger partial charge in [-0.05, 0) is 41.6 Å². The second-order valence-corrected chi connectivity index (χ2v) is 6.04. The Morgan fingerprint density at radius 1 is 1.12 bits per heavy atom. The van der Waals surface area contributed by atoms with Crippen molar-refractivity contribution in [1.29, 1.82) is 0 Å². The number of nitrogens with zero attached hydrogens (tertiary/aromatic N) is 4. The fourth-order valence-corrected chi connectivity index (χ4v) is 3.10. The zero-order valence-electron chi connectivity index (χ0n) is 12.4. The standard InChI is InChI=1S/C17H11N5OS/c23-16-14(24-17(22-16)21-15-5-7-18-10-20-15)9-11-3-4-13-12(8-11)2-1-6-19-13/h1-10H,(H,18,20,21,22,23)/b14-9-. The summed E-state index contributed by atoms with van der Waals surface area (Å²) in [4.78, 5) is 29.2. The molecule has 0 radical (unpaired) electrons. The van der Waals surface area contributed by atoms with E-state index in [0.717, 1.165) is 16.5 Å². The van der Waals surface area contributed by atoms with Crippen LogP contribution in [0.15, 0.2) is 65.0 Å². The van der Waals surface area contributed by atoms with Crippen LogP contribution in [0.3, 0.4) is 0 Å². The van der Waals surface area contributed by atoms with Crippen molar-refractivity contribution in [3.63, 3.8) is 0 Å². The Labute approximate surface area is 141 Å². The molecule has 3 heterocycles. The number of thioether (sulfide) groups is 1. The van der Waals surface area contributed by atoms with Crippen LogP contribution in [0.4, 0.5) is 5.82 Å². The molecule has 1 N–H and O–H groups in total. The van der Waals surface area contributed by atoms with Gasteiger partial charge in [-0.15, -0.1) is 0 Å². The van der Waals surface area contributed by atoms with Crippen molar-refractivity contribution in [2.45, 2.75) is 0 Å². The Morgan fingerprint density at radius 2 is 2.08 bits per heavy atom. The number of hydrogen-bond donors (Lipinski definition) is 1. The van der Waals surface area contributed by atoms with E-state index >= 15 is 0 Å². The first-order chi connectivity index (χ1) is 11.8. The van der Waals surface area contributed by atoms with E-state index in [0.29, 0.717) is 15.9 Å². The van der Waals surface area contributed by atoms with Crippen LogP contribution in [0.5, 0.6) is 0 Å². The van der Waals surface area contributed by atoms with E-state index < -0.39 is 0 Å². The molecule has 3 aromatic rings. The summed E-state index contributed by atoms with van der Waals surface area (Å²) in [6.07, 6.45) is 6.62. The predicted octanol–water partition coefficient (Wildman–Crippen LogP) is 2.92. The van der Waals surface area contributed by atoms with Gasteiger partial charge >= 0.3 is 0 Å². The van der Waals surface area contributed by atoms with Crippen molar-refractivity contribution in [2.24, 2.45) is 4.99 Å². The summed E-state index contributed by atoms with van der Waals surface area (Å²) in [5.74, 6) is 0.338. The summed E-state index contributed by atoms with van der Waals surface area (Å²) >= 11 is 1.29. The molecule has 0 bridgehead atoms. The number of benzene rings is 1. The van der Waals surface area contributed by atoms with Gasteiger partial charge in [0.2, 0.25) is 0 Å². The van der Waals surface area contributed by atoms with E-state index in [4.69, 9.17) is 0 Å². The van der Waals surface area contributed by atoms with Crippen molar-refractivity contribution < 1.29 is 4.79 Å². The molecule has 1 amide bonds. The molecule has 116 valence electrons. The lowest BCUT2D eigenvalue weighted by Gasteiger charge is -1.99. The molecule has 0 unspecified atom stereocenters. The fraction of sp³-hybridized carbons (Fsp3) is 0. The molecule has 0 saturated carbocycles. The molecular weight excluding hydrogens is 322 g/mol. The van der Waals surface area contributed by atoms with Crippen LogP contribution < -0.4 is 5.32 Å². The first kappa shape index (κ1) is 14.5. The molecule has 2 aromatic heterocycles. The number of pyridine rings is 1. The number of rotatable bonds is 2. The Kier molecular flexibility index (Phi) is 3.76. The van der Waals surface area contributed by atoms with Gasteiger partial charge < -0.3 is 5.32 Å². The Morgan fingerprint density at radius 3 is 2.96 bits per heavy atom. The highest BCUT2D eigenvalue weighted by atomic mass is 32.2. The number of carbonyl (C=O) groups is 1. The first-order valence-electron chi connectivity index (χ1n) is 7.18. The van der Waals surface area contributed by atoms with Gasteiger partial charge in [-0.1, -0.05) is 12.1 Å². The molecule has 4 rings (SSSR count). The van der Waals surface area contributed by atoms with Crippen molar-refractivity contribution >= 4 is 45.6 Å². The number of amidine groups is 1. The lowest BCUT2D eigenvalue weighted by atomic mass is 10.1. The van der Waals surface area contributed by atoms with Crippen LogP contribution in [0, 0.1) is 0 Å². The Bertz CT molecular complexity index is 984. The second-order valence-electron chi connectivity index (χ2n) is 5.00. The summed E-state index contributed by atoms with van der Waals surface area (Å²) in [6, 6.07) is 11.4. The lowest BCUT2D eigenvalue weighted by Crippen LogP contribution is -2.19. The third-order valence-corrected chi connectivity index (χ3v) is 4.27. The maximum atomic E-state index is 12.1. The third kappa shape index (κ3) is 3.02. The second kappa shape index (κ2) is 6.21. The topological polar surface area (TPSA) is 80.1 Å². The molecule has 24 heavy (non-hydrogen) atoms. The van der Waals surface area contributed by atoms with Crippen LogP contribution >= 0.6 is 11.8 Å². The van der Waals surface area contributed by atoms with Crippen molar-refractivity contribution in [2.75, 3.05) is 0 Å². The number of nitrogens with one attached hydrogen (secondary N) is 1. The number of amides is 1. The van der Waals surface area contributed by atoms with Gasteiger partial charge in [-0.2, -0.15) is 0 Å². The normalized spacial score (nSPS) is 17.6. The molecular formula is C17H11N5OS. The maximum Gasteiger partial charge on any atom is 0.264 e. The van der Waals surface area contributed by atoms with Crippen LogP contribution in [-0.4, -0.2) is 26.0 Å². The minimum atomic E-state index is -0.168. The quantitative estimate of drug-likeness (QED) is 0.729. The highest BCUT2D eigenvalue weighted by Crippen LogP contribution is 2.28. The van der Waals surface area contributed by atoms with Crippen LogP contribution in [-0.2, 0) is 4.79 Å². The number of carbonyl (C=O) groups excluding carboxylic acids is 1. The predicted molar refractivity (Wildman–Crippen MR) is 94.6 cm³/mol. The summed E-state index contributed by atoms with van der Waals surface area (Å²) in [5.41, 5.74) is 1.87. The molecule has 1 saturated heterocycles. The van der Waals surface area contributed by atoms with Crippen LogP contribution in [0.25, 0.3) is 17.0 Å². The molecule has 1 aliphatic rings. The van der Waals surface area contributed by atoms with Gasteiger partial charge in [-0.3, -0.25) is 9.78 Å². The zero-order valence-corrected chi connectivity index (χ0v) is 13.2. The van der Waals surface area contributed by atoms with Gasteiger partial charge in [-0.25, -0.2) is 15.0 Å². The van der Waals surface area contributed by atoms with Gasteiger partial charge in [0, 0.05) is 23.8 Å². The summed E-state index contributed by atoms with van der Waals surface area (Å²) in [5, 5.41) is 4.28. The highest BCUT2D eigenvalue weighted by molar-refractivity contribution is 8.18. The highest BCUT2D eigenvalue weighted by Gasteiger charge is 2.23. The number of aromatic nitrogens is 3. The SMILES string of the molecule is O=C1NC(=Nc2ccncn2)S/C1=C\c1ccc2ncccc2c1. The Balaban J connectivity index is 1.62. The largest absolute Gasteiger partial charge is 0.300 e. The maximum absolute atomic E-state index is 12.1. The monoisotopic (exact) mass is 333 g/mol. The number of aliphatic imine (C=N–C) groups is 1. The van der Waals surface area contributed by atoms with Crippen molar-refractivity contribution in [1.82, 2.24) is 20.3 Å². The molecule has 1 aromatic carbocycles. The summed E-state index contributed by atoms with van der Waals surface area (Å²) in [7, 11) is 0. The van der Waals surface area contributed by atoms with E-state index in [1.54, 1.807) is 18.5 Å². The lowest BCUT2D eigenvalue weighted by molar-refractivity contribution is -0.115. The van der Waals surface area contributed by atoms with Crippen molar-refractivity contribution in [3.8, 4) is 0 Å². The molecule has 6 nitrogen and oxygen atoms in total. The summed E-state index contributed by atoms with van der Waals surface area (Å²) in [6.45, 7) is 0. The van der Waals surface area contributed by atoms with Crippen LogP contribution in [0.1, 0.15) is 5.56 Å². The van der Waals surface area contributed by atoms with E-state index in [9.17, 15) is 4.79 Å². The van der Waals surface area contributed by atoms with E-state index in [2.05, 4.69) is 25.3 Å². The summed E-state index contributed by atoms with van der Waals surface area (Å²) < 4.78 is 0. The average Bonchev–Trinajstić information content (AvgIpc) is 2.95. The van der Waals surface area contributed by atoms with Crippen molar-refractivity contribution in [3.05, 3.63) is 65.6 Å². The first-order valence-corrected chi connectivity index (χ1v) is 8.00. The molecule has 0 spiro atoms. The zero-order chi connectivity index (χ0) is 16.4. The van der Waals surface area contributed by atoms with E-state index in [1.165, 1.54) is 18.1 Å². The minimum absolute atomic E-state index is 0.168. The fourth-order valence-electron chi connectivity index (χ4n) is 2.27. The van der Waals surface area contributed by atoms with Gasteiger partial charge in [0.1, 0.15) is 6.33 Å². The third-order valence-electron chi connectivity index (χ3n) is 3.36. The minimum Gasteiger partial charge on any atom is -0.300 e. The molecule has 0 atom stereocenters. The van der Waals surface area contributed by atoms with E-state index in [-0.39, 0.29) is 5.91 Å². The van der Waals surface area contributed by atoms with Gasteiger partial charge in [0.15, 0.2) is 11.0 Å². The number of hydrogen-bond acceptors (Lipinski definition) is 6.